The van der Waals surface area contributed by atoms with E-state index < -0.39 is 0 Å². The van der Waals surface area contributed by atoms with Crippen LogP contribution in [0.1, 0.15) is 23.9 Å². The number of nitrogens with one attached hydrogen (secondary N) is 2. The number of aryl methyl sites for hydroxylation is 1. The molecule has 0 unspecified atom stereocenters. The molecular formula is C21H24ClN5OS. The fourth-order valence-corrected chi connectivity index (χ4v) is 3.87. The van der Waals surface area contributed by atoms with Crippen molar-refractivity contribution in [2.24, 2.45) is 0 Å². The number of nitrogens with zero attached hydrogens (tertiary/aromatic N) is 3. The van der Waals surface area contributed by atoms with Gasteiger partial charge in [-0.3, -0.25) is 4.79 Å². The first kappa shape index (κ1) is 21.2. The molecule has 1 amide bonds. The van der Waals surface area contributed by atoms with Gasteiger partial charge >= 0.3 is 0 Å². The average Bonchev–Trinajstić information content (AvgIpc) is 3.10. The predicted molar refractivity (Wildman–Crippen MR) is 120 cm³/mol. The van der Waals surface area contributed by atoms with Crippen molar-refractivity contribution in [1.82, 2.24) is 14.8 Å². The SMILES string of the molecule is CCn1c(CNc2cccc(Cl)c2)nnc1SCC(=O)Nc1cccc(C)c1C. The van der Waals surface area contributed by atoms with E-state index in [1.165, 1.54) is 11.8 Å². The van der Waals surface area contributed by atoms with E-state index in [9.17, 15) is 4.79 Å². The van der Waals surface area contributed by atoms with Crippen LogP contribution < -0.4 is 10.6 Å². The fourth-order valence-electron chi connectivity index (χ4n) is 2.86. The van der Waals surface area contributed by atoms with Gasteiger partial charge < -0.3 is 15.2 Å². The van der Waals surface area contributed by atoms with Gasteiger partial charge in [0.05, 0.1) is 12.3 Å². The van der Waals surface area contributed by atoms with E-state index in [1.807, 2.05) is 67.8 Å². The Morgan fingerprint density at radius 3 is 2.72 bits per heavy atom. The zero-order chi connectivity index (χ0) is 20.8. The summed E-state index contributed by atoms with van der Waals surface area (Å²) in [6.45, 7) is 7.32. The fraction of sp³-hybridized carbons (Fsp3) is 0.286. The lowest BCUT2D eigenvalue weighted by Crippen LogP contribution is -2.16. The quantitative estimate of drug-likeness (QED) is 0.498. The van der Waals surface area contributed by atoms with E-state index in [-0.39, 0.29) is 11.7 Å². The Kier molecular flexibility index (Phi) is 7.17. The lowest BCUT2D eigenvalue weighted by Gasteiger charge is -2.11. The first-order chi connectivity index (χ1) is 14.0. The number of amides is 1. The topological polar surface area (TPSA) is 71.8 Å². The predicted octanol–water partition coefficient (Wildman–Crippen LogP) is 4.91. The standard InChI is InChI=1S/C21H24ClN5OS/c1-4-27-19(12-23-17-9-6-8-16(22)11-17)25-26-21(27)29-13-20(28)24-18-10-5-7-14(2)15(18)3/h5-11,23H,4,12-13H2,1-3H3,(H,24,28). The van der Waals surface area contributed by atoms with Gasteiger partial charge in [0.25, 0.3) is 0 Å². The van der Waals surface area contributed by atoms with Crippen molar-refractivity contribution < 1.29 is 4.79 Å². The highest BCUT2D eigenvalue weighted by Crippen LogP contribution is 2.21. The van der Waals surface area contributed by atoms with E-state index in [0.29, 0.717) is 11.6 Å². The van der Waals surface area contributed by atoms with Crippen LogP contribution in [0.4, 0.5) is 11.4 Å². The van der Waals surface area contributed by atoms with Crippen LogP contribution in [0.3, 0.4) is 0 Å². The van der Waals surface area contributed by atoms with Gasteiger partial charge in [0.2, 0.25) is 5.91 Å². The number of hydrogen-bond acceptors (Lipinski definition) is 5. The summed E-state index contributed by atoms with van der Waals surface area (Å²) in [6.07, 6.45) is 0. The van der Waals surface area contributed by atoms with Crippen LogP contribution in [0.25, 0.3) is 0 Å². The number of carbonyl (C=O) groups is 1. The summed E-state index contributed by atoms with van der Waals surface area (Å²) in [5.41, 5.74) is 4.00. The van der Waals surface area contributed by atoms with Crippen LogP contribution in [-0.2, 0) is 17.9 Å². The molecule has 8 heteroatoms. The van der Waals surface area contributed by atoms with Crippen LogP contribution in [0.15, 0.2) is 47.6 Å². The van der Waals surface area contributed by atoms with Gasteiger partial charge in [-0.05, 0) is 56.2 Å². The van der Waals surface area contributed by atoms with E-state index in [0.717, 1.165) is 40.0 Å². The molecule has 0 saturated heterocycles. The molecule has 0 aliphatic heterocycles. The molecule has 0 bridgehead atoms. The molecule has 3 rings (SSSR count). The van der Waals surface area contributed by atoms with Crippen LogP contribution in [-0.4, -0.2) is 26.4 Å². The van der Waals surface area contributed by atoms with Crippen molar-refractivity contribution in [3.8, 4) is 0 Å². The average molecular weight is 430 g/mol. The van der Waals surface area contributed by atoms with Gasteiger partial charge in [-0.2, -0.15) is 0 Å². The third-order valence-electron chi connectivity index (χ3n) is 4.60. The summed E-state index contributed by atoms with van der Waals surface area (Å²) < 4.78 is 2.01. The zero-order valence-electron chi connectivity index (χ0n) is 16.7. The van der Waals surface area contributed by atoms with Gasteiger partial charge in [0.15, 0.2) is 11.0 Å². The minimum absolute atomic E-state index is 0.0621. The van der Waals surface area contributed by atoms with Gasteiger partial charge in [0, 0.05) is 22.9 Å². The summed E-state index contributed by atoms with van der Waals surface area (Å²) in [6, 6.07) is 13.4. The third-order valence-corrected chi connectivity index (χ3v) is 5.80. The van der Waals surface area contributed by atoms with Crippen LogP contribution in [0, 0.1) is 13.8 Å². The largest absolute Gasteiger partial charge is 0.378 e. The number of carbonyl (C=O) groups excluding carboxylic acids is 1. The molecule has 0 aliphatic carbocycles. The lowest BCUT2D eigenvalue weighted by atomic mass is 10.1. The molecule has 1 heterocycles. The highest BCUT2D eigenvalue weighted by Gasteiger charge is 2.14. The smallest absolute Gasteiger partial charge is 0.234 e. The van der Waals surface area contributed by atoms with Crippen LogP contribution in [0.5, 0.6) is 0 Å². The van der Waals surface area contributed by atoms with Gasteiger partial charge in [-0.25, -0.2) is 0 Å². The Morgan fingerprint density at radius 1 is 1.17 bits per heavy atom. The first-order valence-electron chi connectivity index (χ1n) is 9.38. The van der Waals surface area contributed by atoms with Gasteiger partial charge in [-0.1, -0.05) is 41.6 Å². The Hall–Kier alpha value is -2.51. The number of benzene rings is 2. The van der Waals surface area contributed by atoms with E-state index in [1.54, 1.807) is 0 Å². The van der Waals surface area contributed by atoms with Crippen LogP contribution >= 0.6 is 23.4 Å². The molecule has 0 spiro atoms. The van der Waals surface area contributed by atoms with Gasteiger partial charge in [0.1, 0.15) is 0 Å². The Morgan fingerprint density at radius 2 is 1.97 bits per heavy atom. The van der Waals surface area contributed by atoms with Crippen molar-refractivity contribution in [2.75, 3.05) is 16.4 Å². The normalized spacial score (nSPS) is 10.8. The number of aromatic nitrogens is 3. The highest BCUT2D eigenvalue weighted by atomic mass is 35.5. The third kappa shape index (κ3) is 5.52. The number of rotatable bonds is 8. The molecule has 152 valence electrons. The van der Waals surface area contributed by atoms with Crippen molar-refractivity contribution in [3.63, 3.8) is 0 Å². The Balaban J connectivity index is 1.59. The summed E-state index contributed by atoms with van der Waals surface area (Å²) in [5, 5.41) is 16.2. The summed E-state index contributed by atoms with van der Waals surface area (Å²) in [7, 11) is 0. The number of hydrogen-bond donors (Lipinski definition) is 2. The second kappa shape index (κ2) is 9.80. The van der Waals surface area contributed by atoms with E-state index in [2.05, 4.69) is 20.8 Å². The first-order valence-corrected chi connectivity index (χ1v) is 10.7. The molecule has 0 atom stereocenters. The lowest BCUT2D eigenvalue weighted by molar-refractivity contribution is -0.113. The van der Waals surface area contributed by atoms with Gasteiger partial charge in [-0.15, -0.1) is 10.2 Å². The molecule has 0 aliphatic rings. The van der Waals surface area contributed by atoms with E-state index >= 15 is 0 Å². The molecule has 2 aromatic carbocycles. The zero-order valence-corrected chi connectivity index (χ0v) is 18.3. The van der Waals surface area contributed by atoms with Crippen molar-refractivity contribution in [1.29, 1.82) is 0 Å². The molecule has 1 aromatic heterocycles. The monoisotopic (exact) mass is 429 g/mol. The Bertz CT molecular complexity index is 1000. The van der Waals surface area contributed by atoms with Crippen molar-refractivity contribution >= 4 is 40.6 Å². The van der Waals surface area contributed by atoms with Crippen LogP contribution in [0.2, 0.25) is 5.02 Å². The Labute approximate surface area is 180 Å². The summed E-state index contributed by atoms with van der Waals surface area (Å²) in [5.74, 6) is 1.02. The number of halogens is 1. The second-order valence-electron chi connectivity index (χ2n) is 6.59. The van der Waals surface area contributed by atoms with E-state index in [4.69, 9.17) is 11.6 Å². The maximum atomic E-state index is 12.4. The van der Waals surface area contributed by atoms with Crippen molar-refractivity contribution in [2.45, 2.75) is 39.0 Å². The maximum Gasteiger partial charge on any atom is 0.234 e. The molecule has 6 nitrogen and oxygen atoms in total. The number of thioether (sulfide) groups is 1. The minimum atomic E-state index is -0.0621. The highest BCUT2D eigenvalue weighted by molar-refractivity contribution is 7.99. The molecular weight excluding hydrogens is 406 g/mol. The molecule has 29 heavy (non-hydrogen) atoms. The summed E-state index contributed by atoms with van der Waals surface area (Å²) in [4.78, 5) is 12.4. The minimum Gasteiger partial charge on any atom is -0.378 e. The molecule has 0 fully saturated rings. The maximum absolute atomic E-state index is 12.4. The van der Waals surface area contributed by atoms with Crippen molar-refractivity contribution in [3.05, 3.63) is 64.4 Å². The molecule has 0 radical (unpaired) electrons. The molecule has 2 N–H and O–H groups in total. The summed E-state index contributed by atoms with van der Waals surface area (Å²) >= 11 is 7.40. The second-order valence-corrected chi connectivity index (χ2v) is 7.97. The molecule has 3 aromatic rings. The number of anilines is 2. The molecule has 0 saturated carbocycles.